The van der Waals surface area contributed by atoms with Crippen LogP contribution >= 0.6 is 15.9 Å². The van der Waals surface area contributed by atoms with Crippen LogP contribution in [0.2, 0.25) is 0 Å². The molecule has 0 saturated carbocycles. The van der Waals surface area contributed by atoms with Gasteiger partial charge in [0.15, 0.2) is 6.29 Å². The number of hydrogen-bond donors (Lipinski definition) is 1. The number of benzene rings is 1. The van der Waals surface area contributed by atoms with E-state index in [9.17, 15) is 9.59 Å². The van der Waals surface area contributed by atoms with Crippen molar-refractivity contribution in [1.29, 1.82) is 0 Å². The molecule has 1 N–H and O–H groups in total. The summed E-state index contributed by atoms with van der Waals surface area (Å²) in [6, 6.07) is 5.53. The van der Waals surface area contributed by atoms with Crippen molar-refractivity contribution in [2.75, 3.05) is 5.32 Å². The zero-order chi connectivity index (χ0) is 13.8. The molecule has 0 bridgehead atoms. The Labute approximate surface area is 117 Å². The fraction of sp³-hybridized carbons (Fsp3) is 0.167. The molecule has 2 aromatic rings. The number of aryl methyl sites for hydroxylation is 1. The third-order valence-corrected chi connectivity index (χ3v) is 3.31. The van der Waals surface area contributed by atoms with Gasteiger partial charge in [0.05, 0.1) is 6.20 Å². The molecule has 0 aliphatic heterocycles. The number of carbonyl (C=O) groups is 2. The molecule has 0 unspecified atom stereocenters. The van der Waals surface area contributed by atoms with E-state index in [1.807, 2.05) is 19.1 Å². The predicted octanol–water partition coefficient (Wildman–Crippen LogP) is 1.80. The Hall–Kier alpha value is -2.02. The van der Waals surface area contributed by atoms with E-state index in [4.69, 9.17) is 0 Å². The minimum absolute atomic E-state index is 0.00987. The first-order chi connectivity index (χ1) is 9.08. The van der Waals surface area contributed by atoms with Gasteiger partial charge in [-0.3, -0.25) is 9.59 Å². The predicted molar refractivity (Wildman–Crippen MR) is 72.9 cm³/mol. The number of hydrogen-bond acceptors (Lipinski definition) is 4. The van der Waals surface area contributed by atoms with Gasteiger partial charge >= 0.3 is 0 Å². The molecule has 0 fully saturated rings. The zero-order valence-corrected chi connectivity index (χ0v) is 11.7. The molecule has 0 aliphatic rings. The second kappa shape index (κ2) is 5.75. The highest BCUT2D eigenvalue weighted by atomic mass is 79.9. The van der Waals surface area contributed by atoms with Crippen LogP contribution in [0.3, 0.4) is 0 Å². The first-order valence-electron chi connectivity index (χ1n) is 5.50. The van der Waals surface area contributed by atoms with Gasteiger partial charge in [-0.15, -0.1) is 5.10 Å². The summed E-state index contributed by atoms with van der Waals surface area (Å²) in [4.78, 5) is 22.2. The van der Waals surface area contributed by atoms with Gasteiger partial charge in [0.2, 0.25) is 5.91 Å². The smallest absolute Gasteiger partial charge is 0.246 e. The minimum Gasteiger partial charge on any atom is -0.324 e. The molecule has 1 amide bonds. The van der Waals surface area contributed by atoms with Crippen molar-refractivity contribution >= 4 is 33.8 Å². The van der Waals surface area contributed by atoms with E-state index in [1.165, 1.54) is 10.9 Å². The van der Waals surface area contributed by atoms with Crippen LogP contribution in [0.25, 0.3) is 0 Å². The quantitative estimate of drug-likeness (QED) is 0.871. The largest absolute Gasteiger partial charge is 0.324 e. The van der Waals surface area contributed by atoms with Crippen LogP contribution in [0.5, 0.6) is 0 Å². The summed E-state index contributed by atoms with van der Waals surface area (Å²) in [5.41, 5.74) is 1.94. The molecule has 19 heavy (non-hydrogen) atoms. The van der Waals surface area contributed by atoms with Gasteiger partial charge in [-0.05, 0) is 30.7 Å². The van der Waals surface area contributed by atoms with Crippen LogP contribution in [-0.2, 0) is 11.3 Å². The Morgan fingerprint density at radius 3 is 2.95 bits per heavy atom. The molecular weight excluding hydrogens is 312 g/mol. The first kappa shape index (κ1) is 13.4. The number of halogens is 1. The number of anilines is 1. The lowest BCUT2D eigenvalue weighted by Crippen LogP contribution is -2.19. The summed E-state index contributed by atoms with van der Waals surface area (Å²) in [7, 11) is 0. The number of amides is 1. The molecule has 1 heterocycles. The third-order valence-electron chi connectivity index (χ3n) is 2.42. The van der Waals surface area contributed by atoms with Gasteiger partial charge in [0.1, 0.15) is 12.2 Å². The maximum atomic E-state index is 11.8. The summed E-state index contributed by atoms with van der Waals surface area (Å²) in [5.74, 6) is -0.232. The van der Waals surface area contributed by atoms with Crippen molar-refractivity contribution in [3.05, 3.63) is 40.1 Å². The number of aldehydes is 1. The molecule has 98 valence electrons. The van der Waals surface area contributed by atoms with Gasteiger partial charge < -0.3 is 5.32 Å². The van der Waals surface area contributed by atoms with Gasteiger partial charge in [0, 0.05) is 10.2 Å². The Morgan fingerprint density at radius 1 is 1.53 bits per heavy atom. The molecule has 7 heteroatoms. The van der Waals surface area contributed by atoms with E-state index in [1.54, 1.807) is 6.07 Å². The monoisotopic (exact) mass is 322 g/mol. The highest BCUT2D eigenvalue weighted by molar-refractivity contribution is 9.10. The van der Waals surface area contributed by atoms with E-state index < -0.39 is 0 Å². The van der Waals surface area contributed by atoms with E-state index in [2.05, 4.69) is 31.6 Å². The highest BCUT2D eigenvalue weighted by Crippen LogP contribution is 2.19. The zero-order valence-electron chi connectivity index (χ0n) is 10.1. The minimum atomic E-state index is -0.232. The number of rotatable bonds is 4. The van der Waals surface area contributed by atoms with Crippen LogP contribution in [0.4, 0.5) is 5.69 Å². The van der Waals surface area contributed by atoms with E-state index in [-0.39, 0.29) is 18.1 Å². The Kier molecular flexibility index (Phi) is 4.06. The number of carbonyl (C=O) groups excluding carboxylic acids is 2. The Balaban J connectivity index is 2.00. The second-order valence-electron chi connectivity index (χ2n) is 3.97. The lowest BCUT2D eigenvalue weighted by Gasteiger charge is -2.06. The SMILES string of the molecule is Cc1cc(NC(=O)Cn2cc(C=O)nn2)ccc1Br. The molecule has 1 aromatic heterocycles. The number of nitrogens with zero attached hydrogens (tertiary/aromatic N) is 3. The lowest BCUT2D eigenvalue weighted by atomic mass is 10.2. The fourth-order valence-electron chi connectivity index (χ4n) is 1.51. The van der Waals surface area contributed by atoms with Gasteiger partial charge in [-0.1, -0.05) is 21.1 Å². The molecule has 2 rings (SSSR count). The lowest BCUT2D eigenvalue weighted by molar-refractivity contribution is -0.116. The maximum absolute atomic E-state index is 11.8. The molecular formula is C12H11BrN4O2. The van der Waals surface area contributed by atoms with E-state index in [0.29, 0.717) is 12.0 Å². The summed E-state index contributed by atoms with van der Waals surface area (Å²) in [6.07, 6.45) is 2.00. The van der Waals surface area contributed by atoms with Crippen molar-refractivity contribution in [3.63, 3.8) is 0 Å². The fourth-order valence-corrected chi connectivity index (χ4v) is 1.76. The van der Waals surface area contributed by atoms with Gasteiger partial charge in [0.25, 0.3) is 0 Å². The van der Waals surface area contributed by atoms with Crippen LogP contribution in [-0.4, -0.2) is 27.2 Å². The number of nitrogens with one attached hydrogen (secondary N) is 1. The summed E-state index contributed by atoms with van der Waals surface area (Å²) in [6.45, 7) is 1.95. The molecule has 1 aromatic carbocycles. The molecule has 0 atom stereocenters. The van der Waals surface area contributed by atoms with Crippen LogP contribution in [0.1, 0.15) is 16.1 Å². The molecule has 0 aliphatic carbocycles. The molecule has 0 spiro atoms. The summed E-state index contributed by atoms with van der Waals surface area (Å²) >= 11 is 3.39. The van der Waals surface area contributed by atoms with Crippen molar-refractivity contribution in [1.82, 2.24) is 15.0 Å². The average Bonchev–Trinajstić information content (AvgIpc) is 2.81. The van der Waals surface area contributed by atoms with Crippen LogP contribution in [0, 0.1) is 6.92 Å². The summed E-state index contributed by atoms with van der Waals surface area (Å²) < 4.78 is 2.29. The standard InChI is InChI=1S/C12H11BrN4O2/c1-8-4-9(2-3-11(8)13)14-12(19)6-17-5-10(7-18)15-16-17/h2-5,7H,6H2,1H3,(H,14,19). The van der Waals surface area contributed by atoms with Crippen LogP contribution < -0.4 is 5.32 Å². The van der Waals surface area contributed by atoms with E-state index >= 15 is 0 Å². The molecule has 0 saturated heterocycles. The Bertz CT molecular complexity index is 624. The topological polar surface area (TPSA) is 76.9 Å². The Morgan fingerprint density at radius 2 is 2.32 bits per heavy atom. The highest BCUT2D eigenvalue weighted by Gasteiger charge is 2.06. The normalized spacial score (nSPS) is 10.2. The summed E-state index contributed by atoms with van der Waals surface area (Å²) in [5, 5.41) is 10.00. The molecule has 0 radical (unpaired) electrons. The van der Waals surface area contributed by atoms with Crippen molar-refractivity contribution in [2.24, 2.45) is 0 Å². The second-order valence-corrected chi connectivity index (χ2v) is 4.83. The van der Waals surface area contributed by atoms with Crippen molar-refractivity contribution in [3.8, 4) is 0 Å². The number of aromatic nitrogens is 3. The average molecular weight is 323 g/mol. The van der Waals surface area contributed by atoms with E-state index in [0.717, 1.165) is 10.0 Å². The van der Waals surface area contributed by atoms with Crippen molar-refractivity contribution in [2.45, 2.75) is 13.5 Å². The molecule has 6 nitrogen and oxygen atoms in total. The first-order valence-corrected chi connectivity index (χ1v) is 6.29. The van der Waals surface area contributed by atoms with Gasteiger partial charge in [-0.25, -0.2) is 4.68 Å². The van der Waals surface area contributed by atoms with Gasteiger partial charge in [-0.2, -0.15) is 0 Å². The van der Waals surface area contributed by atoms with Crippen LogP contribution in [0.15, 0.2) is 28.9 Å². The third kappa shape index (κ3) is 3.47. The van der Waals surface area contributed by atoms with Crippen molar-refractivity contribution < 1.29 is 9.59 Å². The maximum Gasteiger partial charge on any atom is 0.246 e.